The van der Waals surface area contributed by atoms with Gasteiger partial charge in [0.15, 0.2) is 11.5 Å². The molecule has 1 fully saturated rings. The largest absolute Gasteiger partial charge is 0.497 e. The molecule has 1 aromatic heterocycles. The molecule has 0 radical (unpaired) electrons. The lowest BCUT2D eigenvalue weighted by Gasteiger charge is -2.18. The van der Waals surface area contributed by atoms with Gasteiger partial charge in [-0.3, -0.25) is 0 Å². The molecular formula is C21H23N3O4. The molecule has 3 aromatic rings. The van der Waals surface area contributed by atoms with Crippen LogP contribution in [-0.4, -0.2) is 43.2 Å². The van der Waals surface area contributed by atoms with Gasteiger partial charge in [0.2, 0.25) is 0 Å². The van der Waals surface area contributed by atoms with Gasteiger partial charge in [-0.15, -0.1) is 0 Å². The summed E-state index contributed by atoms with van der Waals surface area (Å²) < 4.78 is 16.5. The molecule has 1 saturated carbocycles. The van der Waals surface area contributed by atoms with E-state index in [1.54, 1.807) is 19.1 Å². The molecule has 1 N–H and O–H groups in total. The maximum absolute atomic E-state index is 12.4. The van der Waals surface area contributed by atoms with E-state index in [4.69, 9.17) is 13.9 Å². The second kappa shape index (κ2) is 7.80. The van der Waals surface area contributed by atoms with Crippen molar-refractivity contribution in [2.45, 2.75) is 18.8 Å². The molecule has 1 aliphatic rings. The molecular weight excluding hydrogens is 358 g/mol. The van der Waals surface area contributed by atoms with Crippen molar-refractivity contribution in [3.63, 3.8) is 0 Å². The number of amides is 2. The van der Waals surface area contributed by atoms with Crippen LogP contribution in [0.25, 0.3) is 11.1 Å². The number of carbonyl (C=O) groups excluding carboxylic acids is 1. The van der Waals surface area contributed by atoms with Crippen LogP contribution in [0.3, 0.4) is 0 Å². The Kier molecular flexibility index (Phi) is 5.06. The molecule has 28 heavy (non-hydrogen) atoms. The third kappa shape index (κ3) is 4.19. The van der Waals surface area contributed by atoms with Gasteiger partial charge in [-0.1, -0.05) is 0 Å². The summed E-state index contributed by atoms with van der Waals surface area (Å²) in [6.07, 6.45) is 2.28. The fourth-order valence-electron chi connectivity index (χ4n) is 2.82. The Morgan fingerprint density at radius 2 is 1.96 bits per heavy atom. The van der Waals surface area contributed by atoms with Crippen LogP contribution < -0.4 is 14.8 Å². The van der Waals surface area contributed by atoms with E-state index in [0.29, 0.717) is 24.8 Å². The van der Waals surface area contributed by atoms with Crippen molar-refractivity contribution < 1.29 is 18.7 Å². The number of rotatable bonds is 7. The average Bonchev–Trinajstić information content (AvgIpc) is 3.47. The summed E-state index contributed by atoms with van der Waals surface area (Å²) >= 11 is 0. The lowest BCUT2D eigenvalue weighted by atomic mass is 10.3. The monoisotopic (exact) mass is 381 g/mol. The molecule has 0 aliphatic heterocycles. The van der Waals surface area contributed by atoms with E-state index in [0.717, 1.165) is 41.3 Å². The Balaban J connectivity index is 1.29. The minimum atomic E-state index is -0.205. The van der Waals surface area contributed by atoms with E-state index < -0.39 is 0 Å². The lowest BCUT2D eigenvalue weighted by molar-refractivity contribution is 0.207. The third-order valence-corrected chi connectivity index (χ3v) is 4.68. The molecule has 2 aromatic carbocycles. The number of carbonyl (C=O) groups is 1. The highest BCUT2D eigenvalue weighted by Gasteiger charge is 2.28. The summed E-state index contributed by atoms with van der Waals surface area (Å²) in [5.74, 6) is 2.77. The van der Waals surface area contributed by atoms with Crippen molar-refractivity contribution in [1.29, 1.82) is 0 Å². The van der Waals surface area contributed by atoms with Gasteiger partial charge in [-0.05, 0) is 55.3 Å². The molecule has 2 amide bonds. The Hall–Kier alpha value is -3.22. The van der Waals surface area contributed by atoms with Crippen molar-refractivity contribution in [2.24, 2.45) is 0 Å². The zero-order valence-corrected chi connectivity index (χ0v) is 16.0. The standard InChI is InChI=1S/C21H23N3O4/c1-24(11-12-27-17-8-6-16(26-2)7-9-17)21(25)22-15-5-10-19-18(13-15)23-20(28-19)14-3-4-14/h5-10,13-14H,3-4,11-12H2,1-2H3,(H,22,25). The van der Waals surface area contributed by atoms with Crippen LogP contribution in [0.1, 0.15) is 24.7 Å². The summed E-state index contributed by atoms with van der Waals surface area (Å²) in [5, 5.41) is 2.88. The molecule has 1 heterocycles. The average molecular weight is 381 g/mol. The predicted molar refractivity (Wildman–Crippen MR) is 106 cm³/mol. The van der Waals surface area contributed by atoms with Crippen molar-refractivity contribution in [2.75, 3.05) is 32.6 Å². The number of fused-ring (bicyclic) bond motifs is 1. The van der Waals surface area contributed by atoms with E-state index in [9.17, 15) is 4.79 Å². The molecule has 0 bridgehead atoms. The normalized spacial score (nSPS) is 13.4. The van der Waals surface area contributed by atoms with Gasteiger partial charge in [-0.2, -0.15) is 0 Å². The van der Waals surface area contributed by atoms with E-state index in [1.165, 1.54) is 0 Å². The molecule has 1 aliphatic carbocycles. The minimum Gasteiger partial charge on any atom is -0.497 e. The Morgan fingerprint density at radius 1 is 1.21 bits per heavy atom. The molecule has 0 unspecified atom stereocenters. The molecule has 0 spiro atoms. The van der Waals surface area contributed by atoms with Gasteiger partial charge in [0, 0.05) is 18.7 Å². The zero-order chi connectivity index (χ0) is 19.5. The van der Waals surface area contributed by atoms with Crippen LogP contribution in [-0.2, 0) is 0 Å². The lowest BCUT2D eigenvalue weighted by Crippen LogP contribution is -2.34. The number of anilines is 1. The number of ether oxygens (including phenoxy) is 2. The molecule has 146 valence electrons. The van der Waals surface area contributed by atoms with Crippen LogP contribution in [0, 0.1) is 0 Å². The maximum atomic E-state index is 12.4. The number of oxazole rings is 1. The predicted octanol–water partition coefficient (Wildman–Crippen LogP) is 4.26. The van der Waals surface area contributed by atoms with Gasteiger partial charge in [0.25, 0.3) is 0 Å². The second-order valence-electron chi connectivity index (χ2n) is 6.88. The second-order valence-corrected chi connectivity index (χ2v) is 6.88. The number of hydrogen-bond donors (Lipinski definition) is 1. The van der Waals surface area contributed by atoms with Crippen molar-refractivity contribution in [3.8, 4) is 11.5 Å². The number of benzene rings is 2. The fraction of sp³-hybridized carbons (Fsp3) is 0.333. The van der Waals surface area contributed by atoms with E-state index in [1.807, 2.05) is 42.5 Å². The smallest absolute Gasteiger partial charge is 0.321 e. The van der Waals surface area contributed by atoms with Crippen LogP contribution >= 0.6 is 0 Å². The summed E-state index contributed by atoms with van der Waals surface area (Å²) in [7, 11) is 3.35. The number of methoxy groups -OCH3 is 1. The number of nitrogens with zero attached hydrogens (tertiary/aromatic N) is 2. The van der Waals surface area contributed by atoms with E-state index in [-0.39, 0.29) is 6.03 Å². The number of aromatic nitrogens is 1. The van der Waals surface area contributed by atoms with E-state index in [2.05, 4.69) is 10.3 Å². The molecule has 4 rings (SSSR count). The number of nitrogens with one attached hydrogen (secondary N) is 1. The van der Waals surface area contributed by atoms with Gasteiger partial charge in [-0.25, -0.2) is 9.78 Å². The molecule has 7 heteroatoms. The third-order valence-electron chi connectivity index (χ3n) is 4.68. The molecule has 7 nitrogen and oxygen atoms in total. The van der Waals surface area contributed by atoms with Gasteiger partial charge in [0.05, 0.1) is 13.7 Å². The highest BCUT2D eigenvalue weighted by molar-refractivity contribution is 5.91. The Labute approximate surface area is 163 Å². The van der Waals surface area contributed by atoms with Crippen LogP contribution in [0.15, 0.2) is 46.9 Å². The summed E-state index contributed by atoms with van der Waals surface area (Å²) in [6, 6.07) is 12.6. The Bertz CT molecular complexity index is 963. The molecule has 0 atom stereocenters. The van der Waals surface area contributed by atoms with Gasteiger partial charge in [0.1, 0.15) is 23.6 Å². The SMILES string of the molecule is COc1ccc(OCCN(C)C(=O)Nc2ccc3oc(C4CC4)nc3c2)cc1. The first kappa shape index (κ1) is 18.2. The summed E-state index contributed by atoms with van der Waals surface area (Å²) in [4.78, 5) is 18.5. The first-order chi connectivity index (χ1) is 13.6. The maximum Gasteiger partial charge on any atom is 0.321 e. The van der Waals surface area contributed by atoms with Crippen molar-refractivity contribution >= 4 is 22.8 Å². The van der Waals surface area contributed by atoms with Crippen LogP contribution in [0.5, 0.6) is 11.5 Å². The fourth-order valence-corrected chi connectivity index (χ4v) is 2.82. The van der Waals surface area contributed by atoms with Gasteiger partial charge >= 0.3 is 6.03 Å². The highest BCUT2D eigenvalue weighted by atomic mass is 16.5. The number of likely N-dealkylation sites (N-methyl/N-ethyl adjacent to an activating group) is 1. The van der Waals surface area contributed by atoms with Crippen molar-refractivity contribution in [1.82, 2.24) is 9.88 Å². The minimum absolute atomic E-state index is 0.205. The first-order valence-corrected chi connectivity index (χ1v) is 9.32. The van der Waals surface area contributed by atoms with Gasteiger partial charge < -0.3 is 24.1 Å². The van der Waals surface area contributed by atoms with Crippen LogP contribution in [0.2, 0.25) is 0 Å². The molecule has 0 saturated heterocycles. The first-order valence-electron chi connectivity index (χ1n) is 9.32. The topological polar surface area (TPSA) is 76.8 Å². The quantitative estimate of drug-likeness (QED) is 0.662. The van der Waals surface area contributed by atoms with Crippen LogP contribution in [0.4, 0.5) is 10.5 Å². The van der Waals surface area contributed by atoms with Crippen molar-refractivity contribution in [3.05, 3.63) is 48.4 Å². The van der Waals surface area contributed by atoms with E-state index >= 15 is 0 Å². The summed E-state index contributed by atoms with van der Waals surface area (Å²) in [5.41, 5.74) is 2.21. The highest BCUT2D eigenvalue weighted by Crippen LogP contribution is 2.40. The zero-order valence-electron chi connectivity index (χ0n) is 16.0. The summed E-state index contributed by atoms with van der Waals surface area (Å²) in [6.45, 7) is 0.846. The Morgan fingerprint density at radius 3 is 2.68 bits per heavy atom. The number of urea groups is 1. The number of hydrogen-bond acceptors (Lipinski definition) is 5.